The molecule has 6 nitrogen and oxygen atoms in total. The zero-order valence-electron chi connectivity index (χ0n) is 14.7. The molecule has 0 aliphatic carbocycles. The van der Waals surface area contributed by atoms with Crippen molar-refractivity contribution in [3.05, 3.63) is 52.3 Å². The number of nitrogens with zero attached hydrogens (tertiary/aromatic N) is 4. The molecule has 1 amide bonds. The number of hydrogen-bond donors (Lipinski definition) is 0. The second-order valence-corrected chi connectivity index (χ2v) is 6.77. The van der Waals surface area contributed by atoms with Crippen LogP contribution in [0, 0.1) is 13.8 Å². The number of carbonyl (C=O) groups is 1. The number of aromatic nitrogens is 3. The molecule has 0 spiro atoms. The Labute approximate surface area is 156 Å². The van der Waals surface area contributed by atoms with Crippen LogP contribution in [0.4, 0.5) is 0 Å². The van der Waals surface area contributed by atoms with Crippen LogP contribution in [0.1, 0.15) is 21.7 Å². The van der Waals surface area contributed by atoms with Crippen LogP contribution < -0.4 is 0 Å². The van der Waals surface area contributed by atoms with Crippen LogP contribution in [0.3, 0.4) is 0 Å². The molecule has 1 saturated heterocycles. The zero-order valence-corrected chi connectivity index (χ0v) is 15.5. The Kier molecular flexibility index (Phi) is 4.38. The van der Waals surface area contributed by atoms with Gasteiger partial charge in [-0.05, 0) is 32.0 Å². The molecule has 3 heterocycles. The lowest BCUT2D eigenvalue weighted by Crippen LogP contribution is -2.40. The van der Waals surface area contributed by atoms with Crippen molar-refractivity contribution in [3.63, 3.8) is 0 Å². The summed E-state index contributed by atoms with van der Waals surface area (Å²) in [6.07, 6.45) is 0. The molecule has 1 aromatic carbocycles. The first-order valence-corrected chi connectivity index (χ1v) is 8.93. The Balaban J connectivity index is 1.90. The summed E-state index contributed by atoms with van der Waals surface area (Å²) in [5.74, 6) is -0.00870. The predicted molar refractivity (Wildman–Crippen MR) is 100 cm³/mol. The number of amides is 1. The van der Waals surface area contributed by atoms with Crippen molar-refractivity contribution >= 4 is 28.5 Å². The summed E-state index contributed by atoms with van der Waals surface area (Å²) in [6.45, 7) is 6.10. The quantitative estimate of drug-likeness (QED) is 0.695. The van der Waals surface area contributed by atoms with E-state index in [0.29, 0.717) is 42.5 Å². The number of aryl methyl sites for hydroxylation is 2. The molecule has 0 atom stereocenters. The van der Waals surface area contributed by atoms with Gasteiger partial charge in [-0.2, -0.15) is 5.10 Å². The van der Waals surface area contributed by atoms with Crippen LogP contribution in [-0.2, 0) is 4.74 Å². The Hall–Kier alpha value is -2.44. The van der Waals surface area contributed by atoms with Gasteiger partial charge >= 0.3 is 0 Å². The highest BCUT2D eigenvalue weighted by Gasteiger charge is 2.24. The molecule has 1 aliphatic heterocycles. The fourth-order valence-corrected chi connectivity index (χ4v) is 3.53. The van der Waals surface area contributed by atoms with E-state index in [2.05, 4.69) is 10.1 Å². The van der Waals surface area contributed by atoms with E-state index >= 15 is 0 Å². The van der Waals surface area contributed by atoms with Gasteiger partial charge in [0, 0.05) is 18.8 Å². The normalized spacial score (nSPS) is 14.8. The van der Waals surface area contributed by atoms with Gasteiger partial charge in [-0.15, -0.1) is 0 Å². The fraction of sp³-hybridized carbons (Fsp3) is 0.316. The number of benzene rings is 1. The van der Waals surface area contributed by atoms with E-state index in [-0.39, 0.29) is 5.91 Å². The molecule has 0 N–H and O–H groups in total. The van der Waals surface area contributed by atoms with Crippen LogP contribution in [0.25, 0.3) is 16.7 Å². The lowest BCUT2D eigenvalue weighted by atomic mass is 10.1. The van der Waals surface area contributed by atoms with Crippen LogP contribution in [0.2, 0.25) is 5.02 Å². The molecule has 2 aromatic heterocycles. The molecule has 3 aromatic rings. The molecule has 7 heteroatoms. The number of carbonyl (C=O) groups excluding carboxylic acids is 1. The Bertz CT molecular complexity index is 993. The molecule has 1 aliphatic rings. The molecular formula is C19H19ClN4O2. The summed E-state index contributed by atoms with van der Waals surface area (Å²) >= 11 is 6.35. The van der Waals surface area contributed by atoms with Gasteiger partial charge in [0.25, 0.3) is 5.91 Å². The number of pyridine rings is 1. The summed E-state index contributed by atoms with van der Waals surface area (Å²) in [7, 11) is 0. The average molecular weight is 371 g/mol. The molecule has 0 unspecified atom stereocenters. The first-order valence-electron chi connectivity index (χ1n) is 8.55. The van der Waals surface area contributed by atoms with Crippen LogP contribution >= 0.6 is 11.6 Å². The van der Waals surface area contributed by atoms with Crippen LogP contribution in [0.5, 0.6) is 0 Å². The first kappa shape index (κ1) is 17.0. The third kappa shape index (κ3) is 2.85. The number of halogens is 1. The third-order valence-electron chi connectivity index (χ3n) is 4.55. The maximum absolute atomic E-state index is 13.1. The van der Waals surface area contributed by atoms with E-state index in [4.69, 9.17) is 16.3 Å². The minimum Gasteiger partial charge on any atom is -0.378 e. The first-order chi connectivity index (χ1) is 12.6. The smallest absolute Gasteiger partial charge is 0.254 e. The van der Waals surface area contributed by atoms with Gasteiger partial charge in [0.2, 0.25) is 0 Å². The van der Waals surface area contributed by atoms with Gasteiger partial charge in [0.15, 0.2) is 5.65 Å². The van der Waals surface area contributed by atoms with Crippen molar-refractivity contribution < 1.29 is 9.53 Å². The highest BCUT2D eigenvalue weighted by Crippen LogP contribution is 2.28. The molecule has 1 fully saturated rings. The van der Waals surface area contributed by atoms with Crippen molar-refractivity contribution in [1.82, 2.24) is 19.7 Å². The van der Waals surface area contributed by atoms with Gasteiger partial charge in [-0.1, -0.05) is 23.7 Å². The van der Waals surface area contributed by atoms with Gasteiger partial charge < -0.3 is 9.64 Å². The largest absolute Gasteiger partial charge is 0.378 e. The summed E-state index contributed by atoms with van der Waals surface area (Å²) in [6, 6.07) is 9.32. The van der Waals surface area contributed by atoms with Gasteiger partial charge in [0.1, 0.15) is 0 Å². The monoisotopic (exact) mass is 370 g/mol. The lowest BCUT2D eigenvalue weighted by molar-refractivity contribution is 0.0304. The second kappa shape index (κ2) is 6.70. The van der Waals surface area contributed by atoms with Gasteiger partial charge in [-0.25, -0.2) is 9.67 Å². The Morgan fingerprint density at radius 2 is 1.92 bits per heavy atom. The number of rotatable bonds is 2. The fourth-order valence-electron chi connectivity index (χ4n) is 3.31. The zero-order chi connectivity index (χ0) is 18.3. The Morgan fingerprint density at radius 3 is 2.65 bits per heavy atom. The van der Waals surface area contributed by atoms with E-state index in [0.717, 1.165) is 22.5 Å². The van der Waals surface area contributed by atoms with Crippen LogP contribution in [0.15, 0.2) is 30.3 Å². The molecule has 0 saturated carbocycles. The standard InChI is InChI=1S/C19H19ClN4O2/c1-12-11-14(19(25)23-7-9-26-10-8-23)17-13(2)22-24(18(17)21-12)16-6-4-3-5-15(16)20/h3-6,11H,7-10H2,1-2H3. The maximum atomic E-state index is 13.1. The maximum Gasteiger partial charge on any atom is 0.254 e. The van der Waals surface area contributed by atoms with E-state index in [1.165, 1.54) is 0 Å². The molecule has 0 radical (unpaired) electrons. The summed E-state index contributed by atoms with van der Waals surface area (Å²) in [4.78, 5) is 19.6. The van der Waals surface area contributed by atoms with Crippen molar-refractivity contribution in [2.75, 3.05) is 26.3 Å². The van der Waals surface area contributed by atoms with Crippen molar-refractivity contribution in [2.45, 2.75) is 13.8 Å². The van der Waals surface area contributed by atoms with Gasteiger partial charge in [-0.3, -0.25) is 4.79 Å². The lowest BCUT2D eigenvalue weighted by Gasteiger charge is -2.27. The number of fused-ring (bicyclic) bond motifs is 1. The van der Waals surface area contributed by atoms with Crippen LogP contribution in [-0.4, -0.2) is 51.9 Å². The van der Waals surface area contributed by atoms with E-state index in [9.17, 15) is 4.79 Å². The number of ether oxygens (including phenoxy) is 1. The number of para-hydroxylation sites is 1. The number of hydrogen-bond acceptors (Lipinski definition) is 4. The SMILES string of the molecule is Cc1cc(C(=O)N2CCOCC2)c2c(C)nn(-c3ccccc3Cl)c2n1. The minimum absolute atomic E-state index is 0.00870. The van der Waals surface area contributed by atoms with E-state index < -0.39 is 0 Å². The highest BCUT2D eigenvalue weighted by molar-refractivity contribution is 6.32. The second-order valence-electron chi connectivity index (χ2n) is 6.36. The molecule has 0 bridgehead atoms. The van der Waals surface area contributed by atoms with Crippen molar-refractivity contribution in [1.29, 1.82) is 0 Å². The van der Waals surface area contributed by atoms with E-state index in [1.54, 1.807) is 4.68 Å². The molecule has 134 valence electrons. The molecule has 26 heavy (non-hydrogen) atoms. The summed E-state index contributed by atoms with van der Waals surface area (Å²) in [5, 5.41) is 5.98. The predicted octanol–water partition coefficient (Wildman–Crippen LogP) is 3.16. The van der Waals surface area contributed by atoms with E-state index in [1.807, 2.05) is 49.1 Å². The summed E-state index contributed by atoms with van der Waals surface area (Å²) < 4.78 is 7.08. The molecule has 4 rings (SSSR count). The molecular weight excluding hydrogens is 352 g/mol. The summed E-state index contributed by atoms with van der Waals surface area (Å²) in [5.41, 5.74) is 3.54. The van der Waals surface area contributed by atoms with Crippen molar-refractivity contribution in [2.24, 2.45) is 0 Å². The Morgan fingerprint density at radius 1 is 1.19 bits per heavy atom. The highest BCUT2D eigenvalue weighted by atomic mass is 35.5. The number of morpholine rings is 1. The third-order valence-corrected chi connectivity index (χ3v) is 4.87. The van der Waals surface area contributed by atoms with Gasteiger partial charge in [0.05, 0.1) is 40.6 Å². The average Bonchev–Trinajstić information content (AvgIpc) is 2.98. The minimum atomic E-state index is -0.00870. The van der Waals surface area contributed by atoms with Crippen molar-refractivity contribution in [3.8, 4) is 5.69 Å². The topological polar surface area (TPSA) is 60.3 Å².